The van der Waals surface area contributed by atoms with Gasteiger partial charge in [0.1, 0.15) is 0 Å². The second-order valence-corrected chi connectivity index (χ2v) is 11.7. The van der Waals surface area contributed by atoms with Gasteiger partial charge in [-0.05, 0) is 53.6 Å². The molecule has 0 spiro atoms. The molecule has 0 saturated heterocycles. The predicted octanol–water partition coefficient (Wildman–Crippen LogP) is 8.97. The molecule has 0 saturated carbocycles. The Morgan fingerprint density at radius 2 is 1.21 bits per heavy atom. The lowest BCUT2D eigenvalue weighted by molar-refractivity contribution is 0.620. The van der Waals surface area contributed by atoms with Crippen LogP contribution in [-0.2, 0) is 0 Å². The number of benzene rings is 6. The summed E-state index contributed by atoms with van der Waals surface area (Å²) in [6, 6.07) is 46.4. The molecule has 0 amide bonds. The van der Waals surface area contributed by atoms with Crippen LogP contribution in [0.25, 0.3) is 88.9 Å². The number of imidazole rings is 1. The van der Waals surface area contributed by atoms with Crippen molar-refractivity contribution < 1.29 is 4.42 Å². The highest BCUT2D eigenvalue weighted by molar-refractivity contribution is 6.19. The van der Waals surface area contributed by atoms with Gasteiger partial charge in [-0.25, -0.2) is 14.4 Å². The van der Waals surface area contributed by atoms with E-state index in [-0.39, 0.29) is 11.4 Å². The molecular weight excluding hydrogens is 582 g/mol. The highest BCUT2D eigenvalue weighted by Gasteiger charge is 2.22. The van der Waals surface area contributed by atoms with Gasteiger partial charge >= 0.3 is 5.84 Å². The summed E-state index contributed by atoms with van der Waals surface area (Å²) in [5.74, 6) is 0.792. The number of aromatic nitrogens is 5. The minimum atomic E-state index is -0.170. The first-order chi connectivity index (χ1) is 23.2. The van der Waals surface area contributed by atoms with E-state index in [2.05, 4.69) is 58.1 Å². The van der Waals surface area contributed by atoms with Gasteiger partial charge in [0.15, 0.2) is 5.58 Å². The Morgan fingerprint density at radius 1 is 0.511 bits per heavy atom. The van der Waals surface area contributed by atoms with Gasteiger partial charge in [0.25, 0.3) is 5.56 Å². The van der Waals surface area contributed by atoms with Gasteiger partial charge < -0.3 is 4.42 Å². The molecular formula is C40H23N5O2. The third kappa shape index (κ3) is 3.74. The van der Waals surface area contributed by atoms with Gasteiger partial charge in [0.2, 0.25) is 5.95 Å². The number of nitrogens with zero attached hydrogens (tertiary/aromatic N) is 5. The van der Waals surface area contributed by atoms with Crippen LogP contribution in [-0.4, -0.2) is 23.9 Å². The molecule has 47 heavy (non-hydrogen) atoms. The molecule has 10 aromatic rings. The maximum absolute atomic E-state index is 13.9. The molecule has 220 valence electrons. The lowest BCUT2D eigenvalue weighted by atomic mass is 10.00. The second-order valence-electron chi connectivity index (χ2n) is 11.7. The van der Waals surface area contributed by atoms with Crippen molar-refractivity contribution in [3.8, 4) is 28.3 Å². The topological polar surface area (TPSA) is 78.2 Å². The van der Waals surface area contributed by atoms with E-state index in [0.29, 0.717) is 28.0 Å². The van der Waals surface area contributed by atoms with E-state index >= 15 is 0 Å². The quantitative estimate of drug-likeness (QED) is 0.201. The zero-order chi connectivity index (χ0) is 31.1. The van der Waals surface area contributed by atoms with Crippen molar-refractivity contribution in [1.29, 1.82) is 0 Å². The van der Waals surface area contributed by atoms with E-state index in [9.17, 15) is 4.79 Å². The molecule has 0 radical (unpaired) electrons. The first-order valence-electron chi connectivity index (χ1n) is 15.4. The Hall–Kier alpha value is -6.60. The average Bonchev–Trinajstić information content (AvgIpc) is 3.68. The Morgan fingerprint density at radius 3 is 2.09 bits per heavy atom. The Kier molecular flexibility index (Phi) is 5.30. The molecule has 4 aromatic heterocycles. The van der Waals surface area contributed by atoms with Crippen LogP contribution in [0.4, 0.5) is 0 Å². The number of fused-ring (bicyclic) bond motifs is 9. The zero-order valence-electron chi connectivity index (χ0n) is 24.8. The fraction of sp³-hybridized carbons (Fsp3) is 0. The van der Waals surface area contributed by atoms with Crippen molar-refractivity contribution in [3.05, 3.63) is 150 Å². The van der Waals surface area contributed by atoms with Crippen molar-refractivity contribution in [2.75, 3.05) is 0 Å². The standard InChI is InChI=1S/C40H23N5O2/c46-38-29-21-22-34-35(37(29)47-40-42-31-18-7-9-20-33(31)45(38)40)28-16-5-8-19-32(28)44(34)39-41-30-17-6-4-15-27(30)36(43-39)26-14-10-13-25(23-26)24-11-2-1-3-12-24/h1-23H. The van der Waals surface area contributed by atoms with Crippen molar-refractivity contribution in [3.63, 3.8) is 0 Å². The van der Waals surface area contributed by atoms with Crippen LogP contribution in [0.1, 0.15) is 0 Å². The highest BCUT2D eigenvalue weighted by atomic mass is 16.4. The molecule has 0 fully saturated rings. The van der Waals surface area contributed by atoms with Gasteiger partial charge in [-0.3, -0.25) is 9.36 Å². The summed E-state index contributed by atoms with van der Waals surface area (Å²) < 4.78 is 10.1. The smallest absolute Gasteiger partial charge is 0.310 e. The first-order valence-corrected chi connectivity index (χ1v) is 15.4. The van der Waals surface area contributed by atoms with Crippen molar-refractivity contribution in [2.45, 2.75) is 0 Å². The number of para-hydroxylation sites is 4. The molecule has 7 nitrogen and oxygen atoms in total. The molecule has 0 atom stereocenters. The molecule has 0 unspecified atom stereocenters. The van der Waals surface area contributed by atoms with Crippen LogP contribution in [0.2, 0.25) is 0 Å². The highest BCUT2D eigenvalue weighted by Crippen LogP contribution is 2.38. The third-order valence-electron chi connectivity index (χ3n) is 8.98. The molecule has 0 aliphatic rings. The summed E-state index contributed by atoms with van der Waals surface area (Å²) in [5.41, 5.74) is 8.41. The lowest BCUT2D eigenvalue weighted by Gasteiger charge is -2.12. The molecule has 6 aromatic carbocycles. The van der Waals surface area contributed by atoms with Gasteiger partial charge in [-0.15, -0.1) is 0 Å². The van der Waals surface area contributed by atoms with E-state index < -0.39 is 0 Å². The summed E-state index contributed by atoms with van der Waals surface area (Å²) in [6.45, 7) is 0. The third-order valence-corrected chi connectivity index (χ3v) is 8.98. The minimum absolute atomic E-state index is 0.170. The van der Waals surface area contributed by atoms with E-state index in [1.54, 1.807) is 4.40 Å². The van der Waals surface area contributed by atoms with Crippen LogP contribution in [0, 0.1) is 0 Å². The van der Waals surface area contributed by atoms with Crippen LogP contribution in [0.15, 0.2) is 149 Å². The SMILES string of the molecule is O=c1c2ccc3c(c4ccccc4n3-c3nc(-c4cccc(-c5ccccc5)c4)c4ccccc4n3)c2oc2nc3ccccc3n12. The zero-order valence-corrected chi connectivity index (χ0v) is 24.8. The largest absolute Gasteiger partial charge is 0.424 e. The maximum Gasteiger partial charge on any atom is 0.310 e. The lowest BCUT2D eigenvalue weighted by Crippen LogP contribution is -2.12. The Bertz CT molecular complexity index is 2940. The van der Waals surface area contributed by atoms with Crippen LogP contribution in [0.3, 0.4) is 0 Å². The fourth-order valence-electron chi connectivity index (χ4n) is 6.86. The van der Waals surface area contributed by atoms with Crippen LogP contribution in [0.5, 0.6) is 0 Å². The summed E-state index contributed by atoms with van der Waals surface area (Å²) in [4.78, 5) is 29.0. The monoisotopic (exact) mass is 605 g/mol. The molecule has 10 rings (SSSR count). The van der Waals surface area contributed by atoms with Gasteiger partial charge in [-0.1, -0.05) is 97.1 Å². The normalized spacial score (nSPS) is 11.9. The summed E-state index contributed by atoms with van der Waals surface area (Å²) in [7, 11) is 0. The van der Waals surface area contributed by atoms with Crippen LogP contribution < -0.4 is 5.56 Å². The number of hydrogen-bond donors (Lipinski definition) is 0. The second kappa shape index (κ2) is 9.70. The molecule has 7 heteroatoms. The Balaban J connectivity index is 1.28. The Labute approximate surface area is 266 Å². The average molecular weight is 606 g/mol. The number of hydrogen-bond acceptors (Lipinski definition) is 5. The molecule has 0 aliphatic heterocycles. The summed E-state index contributed by atoms with van der Waals surface area (Å²) in [6.07, 6.45) is 0. The van der Waals surface area contributed by atoms with Crippen molar-refractivity contribution >= 4 is 60.6 Å². The molecule has 0 N–H and O–H groups in total. The van der Waals surface area contributed by atoms with E-state index in [1.807, 2.05) is 91.0 Å². The summed E-state index contributed by atoms with van der Waals surface area (Å²) in [5, 5.41) is 3.19. The predicted molar refractivity (Wildman–Crippen MR) is 187 cm³/mol. The summed E-state index contributed by atoms with van der Waals surface area (Å²) >= 11 is 0. The molecule has 4 heterocycles. The maximum atomic E-state index is 13.9. The van der Waals surface area contributed by atoms with Gasteiger partial charge in [0, 0.05) is 16.3 Å². The van der Waals surface area contributed by atoms with Gasteiger partial charge in [0.05, 0.1) is 44.0 Å². The van der Waals surface area contributed by atoms with E-state index in [0.717, 1.165) is 55.1 Å². The fourth-order valence-corrected chi connectivity index (χ4v) is 6.86. The van der Waals surface area contributed by atoms with E-state index in [1.165, 1.54) is 0 Å². The molecule has 0 bridgehead atoms. The van der Waals surface area contributed by atoms with Crippen molar-refractivity contribution in [1.82, 2.24) is 23.9 Å². The van der Waals surface area contributed by atoms with Crippen LogP contribution >= 0.6 is 0 Å². The van der Waals surface area contributed by atoms with Crippen molar-refractivity contribution in [2.24, 2.45) is 0 Å². The first kappa shape index (κ1) is 25.7. The molecule has 0 aliphatic carbocycles. The number of rotatable bonds is 3. The minimum Gasteiger partial charge on any atom is -0.424 e. The van der Waals surface area contributed by atoms with Gasteiger partial charge in [-0.2, -0.15) is 4.98 Å². The van der Waals surface area contributed by atoms with E-state index in [4.69, 9.17) is 14.4 Å².